The Balaban J connectivity index is 1.88. The summed E-state index contributed by atoms with van der Waals surface area (Å²) < 4.78 is 38.6. The van der Waals surface area contributed by atoms with E-state index in [0.717, 1.165) is 11.6 Å². The van der Waals surface area contributed by atoms with Crippen molar-refractivity contribution in [3.05, 3.63) is 65.8 Å². The zero-order valence-electron chi connectivity index (χ0n) is 12.7. The summed E-state index contributed by atoms with van der Waals surface area (Å²) in [7, 11) is 0. The molecule has 0 N–H and O–H groups in total. The Morgan fingerprint density at radius 1 is 0.880 bits per heavy atom. The van der Waals surface area contributed by atoms with Gasteiger partial charge in [0.1, 0.15) is 16.1 Å². The number of pyridine rings is 1. The topological polar surface area (TPSA) is 38.7 Å². The van der Waals surface area contributed by atoms with E-state index in [1.807, 2.05) is 30.3 Å². The van der Waals surface area contributed by atoms with Crippen molar-refractivity contribution in [2.75, 3.05) is 0 Å². The predicted molar refractivity (Wildman–Crippen MR) is 91.1 cm³/mol. The SMILES string of the molecule is FC(F)(F)c1ccc(-c2nccc3ncc(-c4ccccc4)nc23)s1. The molecule has 3 aromatic heterocycles. The molecule has 7 heteroatoms. The first-order valence-corrected chi connectivity index (χ1v) is 8.18. The summed E-state index contributed by atoms with van der Waals surface area (Å²) in [6.45, 7) is 0. The van der Waals surface area contributed by atoms with Gasteiger partial charge in [-0.25, -0.2) is 4.98 Å². The number of nitrogens with zero attached hydrogens (tertiary/aromatic N) is 3. The standard InChI is InChI=1S/C18H10F3N3S/c19-18(20,21)15-7-6-14(25-15)17-16-12(8-9-22-17)23-10-13(24-16)11-4-2-1-3-5-11/h1-10H. The molecule has 0 radical (unpaired) electrons. The molecule has 0 unspecified atom stereocenters. The zero-order chi connectivity index (χ0) is 17.4. The normalized spacial score (nSPS) is 11.8. The van der Waals surface area contributed by atoms with E-state index in [1.165, 1.54) is 12.3 Å². The predicted octanol–water partition coefficient (Wildman–Crippen LogP) is 5.44. The van der Waals surface area contributed by atoms with Crippen LogP contribution in [0.3, 0.4) is 0 Å². The summed E-state index contributed by atoms with van der Waals surface area (Å²) in [5.41, 5.74) is 3.01. The van der Waals surface area contributed by atoms with Gasteiger partial charge >= 0.3 is 6.18 Å². The fraction of sp³-hybridized carbons (Fsp3) is 0.0556. The molecule has 0 spiro atoms. The van der Waals surface area contributed by atoms with Crippen LogP contribution in [0.25, 0.3) is 32.9 Å². The summed E-state index contributed by atoms with van der Waals surface area (Å²) in [6.07, 6.45) is -1.19. The number of alkyl halides is 3. The molecule has 0 saturated carbocycles. The van der Waals surface area contributed by atoms with Crippen molar-refractivity contribution < 1.29 is 13.2 Å². The van der Waals surface area contributed by atoms with Crippen LogP contribution < -0.4 is 0 Å². The first-order chi connectivity index (χ1) is 12.0. The molecule has 3 nitrogen and oxygen atoms in total. The van der Waals surface area contributed by atoms with Crippen molar-refractivity contribution in [3.63, 3.8) is 0 Å². The average Bonchev–Trinajstić information content (AvgIpc) is 3.12. The molecule has 3 heterocycles. The minimum atomic E-state index is -4.37. The minimum absolute atomic E-state index is 0.406. The molecule has 0 atom stereocenters. The number of aromatic nitrogens is 3. The molecule has 0 aliphatic carbocycles. The third-order valence-electron chi connectivity index (χ3n) is 3.65. The van der Waals surface area contributed by atoms with E-state index in [4.69, 9.17) is 0 Å². The lowest BCUT2D eigenvalue weighted by Crippen LogP contribution is -2.00. The molecule has 0 amide bonds. The fourth-order valence-corrected chi connectivity index (χ4v) is 3.35. The Bertz CT molecular complexity index is 1040. The summed E-state index contributed by atoms with van der Waals surface area (Å²) in [6, 6.07) is 13.7. The Kier molecular flexibility index (Phi) is 3.73. The second kappa shape index (κ2) is 5.93. The van der Waals surface area contributed by atoms with E-state index >= 15 is 0 Å². The maximum absolute atomic E-state index is 12.9. The maximum Gasteiger partial charge on any atom is 0.425 e. The molecule has 4 rings (SSSR count). The molecular formula is C18H10F3N3S. The van der Waals surface area contributed by atoms with Crippen LogP contribution in [-0.2, 0) is 6.18 Å². The number of thiophene rings is 1. The highest BCUT2D eigenvalue weighted by Gasteiger charge is 2.32. The fourth-order valence-electron chi connectivity index (χ4n) is 2.48. The van der Waals surface area contributed by atoms with Gasteiger partial charge in [-0.1, -0.05) is 30.3 Å². The summed E-state index contributed by atoms with van der Waals surface area (Å²) in [4.78, 5) is 13.0. The molecule has 4 aromatic rings. The Hall–Kier alpha value is -2.80. The van der Waals surface area contributed by atoms with Crippen molar-refractivity contribution in [2.45, 2.75) is 6.18 Å². The summed E-state index contributed by atoms with van der Waals surface area (Å²) in [5, 5.41) is 0. The lowest BCUT2D eigenvalue weighted by atomic mass is 10.1. The van der Waals surface area contributed by atoms with E-state index in [1.54, 1.807) is 12.3 Å². The van der Waals surface area contributed by atoms with Gasteiger partial charge in [-0.15, -0.1) is 11.3 Å². The highest BCUT2D eigenvalue weighted by atomic mass is 32.1. The summed E-state index contributed by atoms with van der Waals surface area (Å²) in [5.74, 6) is 0. The second-order valence-electron chi connectivity index (χ2n) is 5.31. The monoisotopic (exact) mass is 357 g/mol. The van der Waals surface area contributed by atoms with Gasteiger partial charge < -0.3 is 0 Å². The van der Waals surface area contributed by atoms with Crippen molar-refractivity contribution in [3.8, 4) is 21.8 Å². The smallest absolute Gasteiger partial charge is 0.253 e. The molecule has 1 aromatic carbocycles. The number of rotatable bonds is 2. The lowest BCUT2D eigenvalue weighted by molar-refractivity contribution is -0.134. The van der Waals surface area contributed by atoms with Gasteiger partial charge in [-0.2, -0.15) is 13.2 Å². The Morgan fingerprint density at radius 2 is 1.68 bits per heavy atom. The van der Waals surface area contributed by atoms with Crippen LogP contribution in [0.4, 0.5) is 13.2 Å². The molecular weight excluding hydrogens is 347 g/mol. The molecule has 0 fully saturated rings. The highest BCUT2D eigenvalue weighted by Crippen LogP contribution is 2.39. The minimum Gasteiger partial charge on any atom is -0.253 e. The van der Waals surface area contributed by atoms with Gasteiger partial charge in [-0.05, 0) is 18.2 Å². The maximum atomic E-state index is 12.9. The van der Waals surface area contributed by atoms with Gasteiger partial charge in [0.25, 0.3) is 0 Å². The third-order valence-corrected chi connectivity index (χ3v) is 4.79. The Labute approximate surface area is 144 Å². The van der Waals surface area contributed by atoms with Crippen molar-refractivity contribution in [2.24, 2.45) is 0 Å². The highest BCUT2D eigenvalue weighted by molar-refractivity contribution is 7.15. The van der Waals surface area contributed by atoms with Gasteiger partial charge in [-0.3, -0.25) is 9.97 Å². The number of halogens is 3. The van der Waals surface area contributed by atoms with Crippen LogP contribution in [0.2, 0.25) is 0 Å². The number of benzene rings is 1. The van der Waals surface area contributed by atoms with Crippen LogP contribution in [0.15, 0.2) is 60.9 Å². The van der Waals surface area contributed by atoms with Crippen LogP contribution in [0.1, 0.15) is 4.88 Å². The molecule has 0 bridgehead atoms. The van der Waals surface area contributed by atoms with Crippen molar-refractivity contribution in [1.82, 2.24) is 15.0 Å². The molecule has 124 valence electrons. The van der Waals surface area contributed by atoms with E-state index in [2.05, 4.69) is 15.0 Å². The van der Waals surface area contributed by atoms with E-state index in [0.29, 0.717) is 38.6 Å². The van der Waals surface area contributed by atoms with Crippen LogP contribution in [-0.4, -0.2) is 15.0 Å². The van der Waals surface area contributed by atoms with E-state index in [-0.39, 0.29) is 0 Å². The molecule has 25 heavy (non-hydrogen) atoms. The molecule has 0 aliphatic rings. The van der Waals surface area contributed by atoms with Crippen LogP contribution >= 0.6 is 11.3 Å². The first-order valence-electron chi connectivity index (χ1n) is 7.37. The van der Waals surface area contributed by atoms with Crippen molar-refractivity contribution >= 4 is 22.4 Å². The number of hydrogen-bond acceptors (Lipinski definition) is 4. The molecule has 0 saturated heterocycles. The van der Waals surface area contributed by atoms with Crippen molar-refractivity contribution in [1.29, 1.82) is 0 Å². The largest absolute Gasteiger partial charge is 0.425 e. The molecule has 0 aliphatic heterocycles. The van der Waals surface area contributed by atoms with Gasteiger partial charge in [0.15, 0.2) is 0 Å². The van der Waals surface area contributed by atoms with E-state index in [9.17, 15) is 13.2 Å². The first kappa shape index (κ1) is 15.7. The quantitative estimate of drug-likeness (QED) is 0.479. The van der Waals surface area contributed by atoms with Gasteiger partial charge in [0.05, 0.1) is 22.3 Å². The van der Waals surface area contributed by atoms with Crippen LogP contribution in [0.5, 0.6) is 0 Å². The summed E-state index contributed by atoms with van der Waals surface area (Å²) >= 11 is 0.654. The second-order valence-corrected chi connectivity index (χ2v) is 6.39. The lowest BCUT2D eigenvalue weighted by Gasteiger charge is -2.06. The van der Waals surface area contributed by atoms with Crippen LogP contribution in [0, 0.1) is 0 Å². The van der Waals surface area contributed by atoms with Gasteiger partial charge in [0, 0.05) is 11.8 Å². The van der Waals surface area contributed by atoms with Gasteiger partial charge in [0.2, 0.25) is 0 Å². The number of fused-ring (bicyclic) bond motifs is 1. The zero-order valence-corrected chi connectivity index (χ0v) is 13.5. The average molecular weight is 357 g/mol. The Morgan fingerprint density at radius 3 is 2.40 bits per heavy atom. The third kappa shape index (κ3) is 2.98. The van der Waals surface area contributed by atoms with E-state index < -0.39 is 11.1 Å². The number of hydrogen-bond donors (Lipinski definition) is 0.